The van der Waals surface area contributed by atoms with Gasteiger partial charge in [0.15, 0.2) is 0 Å². The molecule has 1 amide bonds. The molecule has 0 spiro atoms. The molecule has 1 fully saturated rings. The minimum atomic E-state index is -0.000383. The Hall–Kier alpha value is -2.71. The molecule has 1 aromatic carbocycles. The van der Waals surface area contributed by atoms with Crippen LogP contribution in [0.5, 0.6) is 0 Å². The quantitative estimate of drug-likeness (QED) is 0.869. The number of aromatic nitrogens is 1. The molecule has 0 aliphatic carbocycles. The SMILES string of the molecule is N#Cc1cccc(C(=O)N2CCN(Cc3ccccn3)CC2)c1. The van der Waals surface area contributed by atoms with Crippen molar-refractivity contribution in [3.8, 4) is 6.07 Å². The molecule has 5 nitrogen and oxygen atoms in total. The molecule has 0 bridgehead atoms. The molecular weight excluding hydrogens is 288 g/mol. The van der Waals surface area contributed by atoms with E-state index < -0.39 is 0 Å². The average molecular weight is 306 g/mol. The van der Waals surface area contributed by atoms with Crippen LogP contribution in [0.1, 0.15) is 21.6 Å². The van der Waals surface area contributed by atoms with Gasteiger partial charge in [0.05, 0.1) is 17.3 Å². The number of nitrogens with zero attached hydrogens (tertiary/aromatic N) is 4. The summed E-state index contributed by atoms with van der Waals surface area (Å²) in [5.74, 6) is -0.000383. The van der Waals surface area contributed by atoms with Gasteiger partial charge in [-0.25, -0.2) is 0 Å². The summed E-state index contributed by atoms with van der Waals surface area (Å²) in [5, 5.41) is 8.94. The maximum absolute atomic E-state index is 12.5. The highest BCUT2D eigenvalue weighted by molar-refractivity contribution is 5.94. The number of piperazine rings is 1. The zero-order valence-corrected chi connectivity index (χ0v) is 12.9. The molecule has 116 valence electrons. The average Bonchev–Trinajstić information content (AvgIpc) is 2.63. The van der Waals surface area contributed by atoms with Gasteiger partial charge < -0.3 is 4.90 Å². The van der Waals surface area contributed by atoms with Crippen LogP contribution in [-0.2, 0) is 6.54 Å². The molecule has 0 radical (unpaired) electrons. The van der Waals surface area contributed by atoms with Crippen molar-refractivity contribution in [1.82, 2.24) is 14.8 Å². The van der Waals surface area contributed by atoms with Crippen molar-refractivity contribution in [1.29, 1.82) is 5.26 Å². The van der Waals surface area contributed by atoms with Crippen LogP contribution in [0.2, 0.25) is 0 Å². The number of nitriles is 1. The molecule has 1 aromatic heterocycles. The predicted molar refractivity (Wildman–Crippen MR) is 86.6 cm³/mol. The highest BCUT2D eigenvalue weighted by Gasteiger charge is 2.22. The van der Waals surface area contributed by atoms with Crippen molar-refractivity contribution < 1.29 is 4.79 Å². The minimum Gasteiger partial charge on any atom is -0.336 e. The molecule has 1 aliphatic heterocycles. The van der Waals surface area contributed by atoms with Crippen molar-refractivity contribution in [2.45, 2.75) is 6.54 Å². The lowest BCUT2D eigenvalue weighted by Crippen LogP contribution is -2.48. The topological polar surface area (TPSA) is 60.2 Å². The molecule has 2 aromatic rings. The first-order valence-corrected chi connectivity index (χ1v) is 7.68. The van der Waals surface area contributed by atoms with Crippen LogP contribution in [0.4, 0.5) is 0 Å². The van der Waals surface area contributed by atoms with E-state index in [9.17, 15) is 4.79 Å². The Labute approximate surface area is 135 Å². The summed E-state index contributed by atoms with van der Waals surface area (Å²) in [6, 6.07) is 14.9. The first-order valence-electron chi connectivity index (χ1n) is 7.68. The molecule has 0 saturated carbocycles. The first kappa shape index (κ1) is 15.2. The number of carbonyl (C=O) groups excluding carboxylic acids is 1. The fourth-order valence-corrected chi connectivity index (χ4v) is 2.73. The van der Waals surface area contributed by atoms with Gasteiger partial charge in [0.1, 0.15) is 0 Å². The van der Waals surface area contributed by atoms with Gasteiger partial charge >= 0.3 is 0 Å². The Morgan fingerprint density at radius 2 is 1.96 bits per heavy atom. The summed E-state index contributed by atoms with van der Waals surface area (Å²) in [6.07, 6.45) is 1.80. The normalized spacial score (nSPS) is 15.2. The smallest absolute Gasteiger partial charge is 0.253 e. The van der Waals surface area contributed by atoms with Gasteiger partial charge in [-0.3, -0.25) is 14.7 Å². The largest absolute Gasteiger partial charge is 0.336 e. The van der Waals surface area contributed by atoms with Gasteiger partial charge in [0, 0.05) is 44.5 Å². The van der Waals surface area contributed by atoms with Crippen LogP contribution in [0.25, 0.3) is 0 Å². The lowest BCUT2D eigenvalue weighted by atomic mass is 10.1. The van der Waals surface area contributed by atoms with Crippen molar-refractivity contribution in [3.05, 3.63) is 65.5 Å². The van der Waals surface area contributed by atoms with Crippen LogP contribution in [0.15, 0.2) is 48.7 Å². The molecule has 1 saturated heterocycles. The van der Waals surface area contributed by atoms with Crippen LogP contribution < -0.4 is 0 Å². The van der Waals surface area contributed by atoms with Gasteiger partial charge in [-0.15, -0.1) is 0 Å². The Morgan fingerprint density at radius 1 is 1.13 bits per heavy atom. The number of pyridine rings is 1. The molecule has 0 unspecified atom stereocenters. The van der Waals surface area contributed by atoms with E-state index in [1.165, 1.54) is 0 Å². The molecule has 0 N–H and O–H groups in total. The number of rotatable bonds is 3. The van der Waals surface area contributed by atoms with E-state index in [-0.39, 0.29) is 5.91 Å². The van der Waals surface area contributed by atoms with E-state index in [4.69, 9.17) is 5.26 Å². The lowest BCUT2D eigenvalue weighted by molar-refractivity contribution is 0.0627. The molecule has 23 heavy (non-hydrogen) atoms. The fourth-order valence-electron chi connectivity index (χ4n) is 2.73. The molecule has 0 atom stereocenters. The Balaban J connectivity index is 1.58. The molecular formula is C18H18N4O. The fraction of sp³-hybridized carbons (Fsp3) is 0.278. The highest BCUT2D eigenvalue weighted by Crippen LogP contribution is 2.12. The monoisotopic (exact) mass is 306 g/mol. The van der Waals surface area contributed by atoms with Gasteiger partial charge in [-0.1, -0.05) is 12.1 Å². The lowest BCUT2D eigenvalue weighted by Gasteiger charge is -2.34. The number of benzene rings is 1. The summed E-state index contributed by atoms with van der Waals surface area (Å²) in [7, 11) is 0. The second-order valence-corrected chi connectivity index (χ2v) is 5.58. The Morgan fingerprint density at radius 3 is 2.65 bits per heavy atom. The first-order chi connectivity index (χ1) is 11.3. The standard InChI is InChI=1S/C18H18N4O/c19-13-15-4-3-5-16(12-15)18(23)22-10-8-21(9-11-22)14-17-6-1-2-7-20-17/h1-7,12H,8-11,14H2. The second-order valence-electron chi connectivity index (χ2n) is 5.58. The second kappa shape index (κ2) is 7.03. The zero-order valence-electron chi connectivity index (χ0n) is 12.9. The van der Waals surface area contributed by atoms with E-state index >= 15 is 0 Å². The summed E-state index contributed by atoms with van der Waals surface area (Å²) in [5.41, 5.74) is 2.15. The van der Waals surface area contributed by atoms with E-state index in [0.717, 1.165) is 25.3 Å². The third-order valence-corrected chi connectivity index (χ3v) is 4.01. The minimum absolute atomic E-state index is 0.000383. The van der Waals surface area contributed by atoms with Crippen LogP contribution in [0, 0.1) is 11.3 Å². The van der Waals surface area contributed by atoms with Crippen molar-refractivity contribution in [2.24, 2.45) is 0 Å². The highest BCUT2D eigenvalue weighted by atomic mass is 16.2. The summed E-state index contributed by atoms with van der Waals surface area (Å²) in [6.45, 7) is 3.87. The molecule has 1 aliphatic rings. The van der Waals surface area contributed by atoms with Gasteiger partial charge in [0.25, 0.3) is 5.91 Å². The van der Waals surface area contributed by atoms with Crippen molar-refractivity contribution in [2.75, 3.05) is 26.2 Å². The third-order valence-electron chi connectivity index (χ3n) is 4.01. The number of carbonyl (C=O) groups is 1. The number of amides is 1. The van der Waals surface area contributed by atoms with Crippen LogP contribution >= 0.6 is 0 Å². The van der Waals surface area contributed by atoms with Crippen molar-refractivity contribution >= 4 is 5.91 Å². The van der Waals surface area contributed by atoms with Gasteiger partial charge in [0.2, 0.25) is 0 Å². The van der Waals surface area contributed by atoms with Crippen LogP contribution in [0.3, 0.4) is 0 Å². The van der Waals surface area contributed by atoms with Gasteiger partial charge in [-0.2, -0.15) is 5.26 Å². The Bertz CT molecular complexity index is 715. The maximum atomic E-state index is 12.5. The summed E-state index contributed by atoms with van der Waals surface area (Å²) < 4.78 is 0. The number of hydrogen-bond acceptors (Lipinski definition) is 4. The zero-order chi connectivity index (χ0) is 16.1. The van der Waals surface area contributed by atoms with Crippen molar-refractivity contribution in [3.63, 3.8) is 0 Å². The number of hydrogen-bond donors (Lipinski definition) is 0. The Kier molecular flexibility index (Phi) is 4.65. The third kappa shape index (κ3) is 3.74. The molecule has 2 heterocycles. The van der Waals surface area contributed by atoms with E-state index in [1.807, 2.05) is 23.1 Å². The predicted octanol–water partition coefficient (Wildman–Crippen LogP) is 1.91. The van der Waals surface area contributed by atoms with E-state index in [2.05, 4.69) is 16.0 Å². The van der Waals surface area contributed by atoms with Gasteiger partial charge in [-0.05, 0) is 30.3 Å². The molecule has 3 rings (SSSR count). The maximum Gasteiger partial charge on any atom is 0.253 e. The van der Waals surface area contributed by atoms with E-state index in [0.29, 0.717) is 24.2 Å². The van der Waals surface area contributed by atoms with Crippen LogP contribution in [-0.4, -0.2) is 46.9 Å². The summed E-state index contributed by atoms with van der Waals surface area (Å²) >= 11 is 0. The summed E-state index contributed by atoms with van der Waals surface area (Å²) in [4.78, 5) is 21.0. The molecule has 5 heteroatoms. The van der Waals surface area contributed by atoms with E-state index in [1.54, 1.807) is 30.5 Å².